The molecule has 0 aliphatic heterocycles. The molecule has 1 aromatic carbocycles. The summed E-state index contributed by atoms with van der Waals surface area (Å²) in [5.41, 5.74) is 7.58. The van der Waals surface area contributed by atoms with Gasteiger partial charge in [-0.15, -0.1) is 0 Å². The van der Waals surface area contributed by atoms with E-state index in [1.54, 1.807) is 0 Å². The van der Waals surface area contributed by atoms with Crippen molar-refractivity contribution in [1.29, 1.82) is 0 Å². The second-order valence-corrected chi connectivity index (χ2v) is 5.56. The smallest absolute Gasteiger partial charge is 0.132 e. The minimum absolute atomic E-state index is 0.405. The zero-order valence-electron chi connectivity index (χ0n) is 12.6. The first-order valence-electron chi connectivity index (χ1n) is 7.29. The normalized spacial score (nSPS) is 12.4. The van der Waals surface area contributed by atoms with Gasteiger partial charge in [-0.1, -0.05) is 18.5 Å². The van der Waals surface area contributed by atoms with Gasteiger partial charge in [0.1, 0.15) is 12.4 Å². The van der Waals surface area contributed by atoms with Gasteiger partial charge in [0.2, 0.25) is 0 Å². The van der Waals surface area contributed by atoms with Crippen LogP contribution in [0, 0.1) is 0 Å². The molecule has 2 rings (SSSR count). The molecule has 0 bridgehead atoms. The molecule has 0 aliphatic rings. The van der Waals surface area contributed by atoms with Crippen molar-refractivity contribution in [3.05, 3.63) is 46.7 Å². The standard InChI is InChI=1S/C16H22ClN3O/c1-3-12(2)20-9-7-15(19-20)11-21-16-5-4-14(17)10-13(16)6-8-18/h4-5,7,9-10,12H,3,6,8,11,18H2,1-2H3. The first-order chi connectivity index (χ1) is 10.1. The van der Waals surface area contributed by atoms with Crippen molar-refractivity contribution in [2.45, 2.75) is 39.3 Å². The highest BCUT2D eigenvalue weighted by Crippen LogP contribution is 2.24. The third kappa shape index (κ3) is 4.22. The van der Waals surface area contributed by atoms with Gasteiger partial charge in [0.15, 0.2) is 0 Å². The Morgan fingerprint density at radius 1 is 1.38 bits per heavy atom. The fourth-order valence-electron chi connectivity index (χ4n) is 2.08. The number of benzene rings is 1. The summed E-state index contributed by atoms with van der Waals surface area (Å²) < 4.78 is 7.84. The van der Waals surface area contributed by atoms with Gasteiger partial charge >= 0.3 is 0 Å². The highest BCUT2D eigenvalue weighted by atomic mass is 35.5. The average molecular weight is 308 g/mol. The Labute approximate surface area is 130 Å². The van der Waals surface area contributed by atoms with Gasteiger partial charge in [-0.05, 0) is 56.1 Å². The van der Waals surface area contributed by atoms with E-state index in [0.29, 0.717) is 24.2 Å². The summed E-state index contributed by atoms with van der Waals surface area (Å²) in [6.45, 7) is 5.31. The second-order valence-electron chi connectivity index (χ2n) is 5.12. The lowest BCUT2D eigenvalue weighted by atomic mass is 10.1. The van der Waals surface area contributed by atoms with Crippen LogP contribution in [0.25, 0.3) is 0 Å². The molecule has 1 heterocycles. The van der Waals surface area contributed by atoms with Crippen molar-refractivity contribution in [1.82, 2.24) is 9.78 Å². The number of halogens is 1. The number of aromatic nitrogens is 2. The number of rotatable bonds is 7. The molecule has 2 aromatic rings. The van der Waals surface area contributed by atoms with E-state index in [4.69, 9.17) is 22.1 Å². The van der Waals surface area contributed by atoms with Crippen LogP contribution in [-0.2, 0) is 13.0 Å². The lowest BCUT2D eigenvalue weighted by Gasteiger charge is -2.11. The fraction of sp³-hybridized carbons (Fsp3) is 0.438. The van der Waals surface area contributed by atoms with E-state index in [1.165, 1.54) is 0 Å². The van der Waals surface area contributed by atoms with Gasteiger partial charge in [-0.3, -0.25) is 4.68 Å². The molecule has 0 amide bonds. The molecular weight excluding hydrogens is 286 g/mol. The van der Waals surface area contributed by atoms with E-state index in [1.807, 2.05) is 35.1 Å². The molecule has 4 nitrogen and oxygen atoms in total. The molecular formula is C16H22ClN3O. The Hall–Kier alpha value is -1.52. The van der Waals surface area contributed by atoms with Gasteiger partial charge in [-0.25, -0.2) is 0 Å². The molecule has 5 heteroatoms. The van der Waals surface area contributed by atoms with E-state index < -0.39 is 0 Å². The van der Waals surface area contributed by atoms with E-state index in [-0.39, 0.29) is 0 Å². The maximum absolute atomic E-state index is 6.01. The molecule has 1 unspecified atom stereocenters. The highest BCUT2D eigenvalue weighted by Gasteiger charge is 2.08. The van der Waals surface area contributed by atoms with Crippen LogP contribution >= 0.6 is 11.6 Å². The minimum atomic E-state index is 0.405. The lowest BCUT2D eigenvalue weighted by molar-refractivity contribution is 0.295. The van der Waals surface area contributed by atoms with Gasteiger partial charge in [0, 0.05) is 17.3 Å². The van der Waals surface area contributed by atoms with Crippen LogP contribution in [-0.4, -0.2) is 16.3 Å². The Morgan fingerprint density at radius 2 is 2.19 bits per heavy atom. The summed E-state index contributed by atoms with van der Waals surface area (Å²) in [4.78, 5) is 0. The van der Waals surface area contributed by atoms with Crippen LogP contribution in [0.3, 0.4) is 0 Å². The Kier molecular flexibility index (Phi) is 5.65. The Bertz CT molecular complexity index is 583. The van der Waals surface area contributed by atoms with Gasteiger partial charge < -0.3 is 10.5 Å². The van der Waals surface area contributed by atoms with Crippen molar-refractivity contribution >= 4 is 11.6 Å². The monoisotopic (exact) mass is 307 g/mol. The van der Waals surface area contributed by atoms with Crippen LogP contribution in [0.1, 0.15) is 37.6 Å². The predicted molar refractivity (Wildman–Crippen MR) is 85.8 cm³/mol. The average Bonchev–Trinajstić information content (AvgIpc) is 2.95. The molecule has 0 spiro atoms. The van der Waals surface area contributed by atoms with E-state index in [2.05, 4.69) is 18.9 Å². The molecule has 1 aromatic heterocycles. The largest absolute Gasteiger partial charge is 0.487 e. The summed E-state index contributed by atoms with van der Waals surface area (Å²) in [6, 6.07) is 8.02. The molecule has 114 valence electrons. The summed E-state index contributed by atoms with van der Waals surface area (Å²) in [5.74, 6) is 0.822. The third-order valence-corrected chi connectivity index (χ3v) is 3.75. The SMILES string of the molecule is CCC(C)n1ccc(COc2ccc(Cl)cc2CCN)n1. The lowest BCUT2D eigenvalue weighted by Crippen LogP contribution is -2.07. The van der Waals surface area contributed by atoms with Crippen molar-refractivity contribution in [2.75, 3.05) is 6.54 Å². The quantitative estimate of drug-likeness (QED) is 0.850. The molecule has 0 aliphatic carbocycles. The predicted octanol–water partition coefficient (Wildman–Crippen LogP) is 3.59. The number of nitrogens with zero attached hydrogens (tertiary/aromatic N) is 2. The zero-order chi connectivity index (χ0) is 15.2. The van der Waals surface area contributed by atoms with E-state index in [9.17, 15) is 0 Å². The van der Waals surface area contributed by atoms with Crippen molar-refractivity contribution < 1.29 is 4.74 Å². The first kappa shape index (κ1) is 15.9. The Morgan fingerprint density at radius 3 is 2.90 bits per heavy atom. The van der Waals surface area contributed by atoms with Crippen LogP contribution in [0.15, 0.2) is 30.5 Å². The fourth-order valence-corrected chi connectivity index (χ4v) is 2.27. The molecule has 21 heavy (non-hydrogen) atoms. The zero-order valence-corrected chi connectivity index (χ0v) is 13.3. The minimum Gasteiger partial charge on any atom is -0.487 e. The summed E-state index contributed by atoms with van der Waals surface area (Å²) >= 11 is 6.01. The first-order valence-corrected chi connectivity index (χ1v) is 7.67. The number of hydrogen-bond donors (Lipinski definition) is 1. The van der Waals surface area contributed by atoms with Gasteiger partial charge in [-0.2, -0.15) is 5.10 Å². The number of hydrogen-bond acceptors (Lipinski definition) is 3. The van der Waals surface area contributed by atoms with Crippen LogP contribution in [0.2, 0.25) is 5.02 Å². The van der Waals surface area contributed by atoms with Gasteiger partial charge in [0.05, 0.1) is 5.69 Å². The molecule has 2 N–H and O–H groups in total. The number of nitrogens with two attached hydrogens (primary N) is 1. The summed E-state index contributed by atoms with van der Waals surface area (Å²) in [6.07, 6.45) is 3.80. The summed E-state index contributed by atoms with van der Waals surface area (Å²) in [5, 5.41) is 5.23. The summed E-state index contributed by atoms with van der Waals surface area (Å²) in [7, 11) is 0. The van der Waals surface area contributed by atoms with Crippen LogP contribution in [0.5, 0.6) is 5.75 Å². The van der Waals surface area contributed by atoms with E-state index in [0.717, 1.165) is 29.8 Å². The van der Waals surface area contributed by atoms with Crippen LogP contribution in [0.4, 0.5) is 0 Å². The van der Waals surface area contributed by atoms with Gasteiger partial charge in [0.25, 0.3) is 0 Å². The topological polar surface area (TPSA) is 53.1 Å². The molecule has 0 fully saturated rings. The van der Waals surface area contributed by atoms with Crippen molar-refractivity contribution in [3.63, 3.8) is 0 Å². The van der Waals surface area contributed by atoms with Crippen molar-refractivity contribution in [3.8, 4) is 5.75 Å². The maximum Gasteiger partial charge on any atom is 0.132 e. The maximum atomic E-state index is 6.01. The molecule has 0 saturated carbocycles. The van der Waals surface area contributed by atoms with E-state index >= 15 is 0 Å². The van der Waals surface area contributed by atoms with Crippen molar-refractivity contribution in [2.24, 2.45) is 5.73 Å². The second kappa shape index (κ2) is 7.48. The third-order valence-electron chi connectivity index (χ3n) is 3.52. The number of ether oxygens (including phenoxy) is 1. The van der Waals surface area contributed by atoms with Crippen LogP contribution < -0.4 is 10.5 Å². The molecule has 0 saturated heterocycles. The molecule has 1 atom stereocenters. The molecule has 0 radical (unpaired) electrons. The highest BCUT2D eigenvalue weighted by molar-refractivity contribution is 6.30. The Balaban J connectivity index is 2.04.